The summed E-state index contributed by atoms with van der Waals surface area (Å²) >= 11 is 0. The molecule has 4 rings (SSSR count). The average Bonchev–Trinajstić information content (AvgIpc) is 3.66. The van der Waals surface area contributed by atoms with Crippen molar-refractivity contribution < 1.29 is 19.1 Å². The average molecular weight is 498 g/mol. The number of hydrogen-bond acceptors (Lipinski definition) is 4. The van der Waals surface area contributed by atoms with Crippen LogP contribution >= 0.6 is 0 Å². The van der Waals surface area contributed by atoms with Crippen molar-refractivity contribution in [3.05, 3.63) is 96.1 Å². The van der Waals surface area contributed by atoms with Gasteiger partial charge in [0.25, 0.3) is 0 Å². The van der Waals surface area contributed by atoms with E-state index >= 15 is 0 Å². The smallest absolute Gasteiger partial charge is 0.224 e. The highest BCUT2D eigenvalue weighted by atomic mass is 16.6. The third-order valence-corrected chi connectivity index (χ3v) is 6.88. The first-order valence-electron chi connectivity index (χ1n) is 13.0. The van der Waals surface area contributed by atoms with Crippen molar-refractivity contribution in [2.24, 2.45) is 11.8 Å². The molecule has 1 aliphatic rings. The zero-order valence-corrected chi connectivity index (χ0v) is 21.8. The SMILES string of the molecule is CC(C)C[C@H](NC(=O)[C@@H](CC(=O)c1ccc(-c2ccccc2)cc1)Cc1ccccc1)C(=O)[C@@]1(C)CO1. The molecule has 1 saturated heterocycles. The van der Waals surface area contributed by atoms with Gasteiger partial charge in [0, 0.05) is 17.9 Å². The fraction of sp³-hybridized carbons (Fsp3) is 0.344. The molecule has 0 saturated carbocycles. The van der Waals surface area contributed by atoms with E-state index in [1.807, 2.05) is 98.8 Å². The van der Waals surface area contributed by atoms with E-state index in [1.54, 1.807) is 6.92 Å². The van der Waals surface area contributed by atoms with Gasteiger partial charge in [-0.2, -0.15) is 0 Å². The largest absolute Gasteiger partial charge is 0.361 e. The third kappa shape index (κ3) is 7.01. The zero-order valence-electron chi connectivity index (χ0n) is 21.8. The van der Waals surface area contributed by atoms with E-state index in [0.717, 1.165) is 16.7 Å². The van der Waals surface area contributed by atoms with Gasteiger partial charge in [0.1, 0.15) is 5.60 Å². The van der Waals surface area contributed by atoms with Gasteiger partial charge in [-0.05, 0) is 42.4 Å². The van der Waals surface area contributed by atoms with Gasteiger partial charge in [-0.3, -0.25) is 14.4 Å². The number of ether oxygens (including phenoxy) is 1. The van der Waals surface area contributed by atoms with Crippen molar-refractivity contribution >= 4 is 17.5 Å². The highest BCUT2D eigenvalue weighted by Gasteiger charge is 2.50. The lowest BCUT2D eigenvalue weighted by Gasteiger charge is -2.24. The third-order valence-electron chi connectivity index (χ3n) is 6.88. The molecule has 1 N–H and O–H groups in total. The molecule has 37 heavy (non-hydrogen) atoms. The summed E-state index contributed by atoms with van der Waals surface area (Å²) in [4.78, 5) is 39.9. The molecule has 0 spiro atoms. The molecule has 0 unspecified atom stereocenters. The second-order valence-electron chi connectivity index (χ2n) is 10.5. The number of nitrogens with one attached hydrogen (secondary N) is 1. The molecule has 3 atom stereocenters. The topological polar surface area (TPSA) is 75.8 Å². The van der Waals surface area contributed by atoms with Crippen LogP contribution in [0.15, 0.2) is 84.9 Å². The van der Waals surface area contributed by atoms with Crippen LogP contribution in [0.1, 0.15) is 49.5 Å². The van der Waals surface area contributed by atoms with Crippen LogP contribution in [-0.2, 0) is 20.7 Å². The molecule has 1 aliphatic heterocycles. The molecular weight excluding hydrogens is 462 g/mol. The predicted molar refractivity (Wildman–Crippen MR) is 145 cm³/mol. The number of ketones is 2. The van der Waals surface area contributed by atoms with Gasteiger partial charge >= 0.3 is 0 Å². The van der Waals surface area contributed by atoms with E-state index in [-0.39, 0.29) is 29.8 Å². The Labute approximate surface area is 219 Å². The zero-order chi connectivity index (χ0) is 26.4. The van der Waals surface area contributed by atoms with Crippen LogP contribution in [0.2, 0.25) is 0 Å². The van der Waals surface area contributed by atoms with Gasteiger partial charge in [0.05, 0.1) is 12.6 Å². The van der Waals surface area contributed by atoms with E-state index in [0.29, 0.717) is 25.0 Å². The number of carbonyl (C=O) groups excluding carboxylic acids is 3. The van der Waals surface area contributed by atoms with E-state index in [9.17, 15) is 14.4 Å². The molecule has 1 fully saturated rings. The minimum Gasteiger partial charge on any atom is -0.361 e. The van der Waals surface area contributed by atoms with Gasteiger partial charge in [0.2, 0.25) is 5.91 Å². The van der Waals surface area contributed by atoms with Crippen LogP contribution in [0, 0.1) is 11.8 Å². The quantitative estimate of drug-likeness (QED) is 0.258. The number of Topliss-reactive ketones (excluding diaryl/α,β-unsaturated/α-hetero) is 2. The summed E-state index contributed by atoms with van der Waals surface area (Å²) in [6.45, 7) is 6.18. The number of epoxide rings is 1. The van der Waals surface area contributed by atoms with E-state index in [1.165, 1.54) is 0 Å². The summed E-state index contributed by atoms with van der Waals surface area (Å²) in [6, 6.07) is 26.5. The van der Waals surface area contributed by atoms with E-state index in [4.69, 9.17) is 4.74 Å². The Hall–Kier alpha value is -3.57. The number of benzene rings is 3. The summed E-state index contributed by atoms with van der Waals surface area (Å²) in [6.07, 6.45) is 0.995. The number of amides is 1. The number of carbonyl (C=O) groups is 3. The number of hydrogen-bond donors (Lipinski definition) is 1. The monoisotopic (exact) mass is 497 g/mol. The molecule has 0 aromatic heterocycles. The highest BCUT2D eigenvalue weighted by Crippen LogP contribution is 2.30. The lowest BCUT2D eigenvalue weighted by atomic mass is 9.89. The fourth-order valence-electron chi connectivity index (χ4n) is 4.59. The number of rotatable bonds is 12. The van der Waals surface area contributed by atoms with Crippen molar-refractivity contribution in [2.45, 2.75) is 51.7 Å². The Bertz CT molecular complexity index is 1210. The summed E-state index contributed by atoms with van der Waals surface area (Å²) < 4.78 is 5.37. The molecule has 192 valence electrons. The molecule has 0 bridgehead atoms. The summed E-state index contributed by atoms with van der Waals surface area (Å²) in [5.74, 6) is -0.856. The normalized spacial score (nSPS) is 18.2. The Morgan fingerprint density at radius 2 is 1.43 bits per heavy atom. The molecule has 5 nitrogen and oxygen atoms in total. The van der Waals surface area contributed by atoms with Crippen molar-refractivity contribution in [2.75, 3.05) is 6.61 Å². The van der Waals surface area contributed by atoms with Gasteiger partial charge < -0.3 is 10.1 Å². The minimum absolute atomic E-state index is 0.0573. The highest BCUT2D eigenvalue weighted by molar-refractivity contribution is 6.00. The maximum Gasteiger partial charge on any atom is 0.224 e. The summed E-state index contributed by atoms with van der Waals surface area (Å²) in [5, 5.41) is 2.98. The molecule has 3 aromatic rings. The standard InChI is InChI=1S/C32H35NO4/c1-22(2)18-28(30(35)32(3)21-37-32)33-31(36)27(19-23-10-6-4-7-11-23)20-29(34)26-16-14-25(15-17-26)24-12-8-5-9-13-24/h4-17,22,27-28H,18-21H2,1-3H3,(H,33,36)/t27-,28+,32-/m1/s1. The van der Waals surface area contributed by atoms with Crippen LogP contribution < -0.4 is 5.32 Å². The molecule has 5 heteroatoms. The lowest BCUT2D eigenvalue weighted by molar-refractivity contribution is -0.132. The first-order valence-corrected chi connectivity index (χ1v) is 13.0. The molecular formula is C32H35NO4. The van der Waals surface area contributed by atoms with Crippen molar-refractivity contribution in [3.63, 3.8) is 0 Å². The van der Waals surface area contributed by atoms with Crippen LogP contribution in [0.25, 0.3) is 11.1 Å². The van der Waals surface area contributed by atoms with Gasteiger partial charge in [-0.1, -0.05) is 98.8 Å². The Morgan fingerprint density at radius 3 is 2.00 bits per heavy atom. The van der Waals surface area contributed by atoms with Crippen LogP contribution in [0.3, 0.4) is 0 Å². The Morgan fingerprint density at radius 1 is 0.865 bits per heavy atom. The summed E-state index contributed by atoms with van der Waals surface area (Å²) in [7, 11) is 0. The van der Waals surface area contributed by atoms with Crippen molar-refractivity contribution in [1.29, 1.82) is 0 Å². The lowest BCUT2D eigenvalue weighted by Crippen LogP contribution is -2.49. The molecule has 3 aromatic carbocycles. The molecule has 1 amide bonds. The second-order valence-corrected chi connectivity index (χ2v) is 10.5. The first-order chi connectivity index (χ1) is 17.7. The van der Waals surface area contributed by atoms with Crippen molar-refractivity contribution in [1.82, 2.24) is 5.32 Å². The maximum atomic E-state index is 13.5. The van der Waals surface area contributed by atoms with Crippen molar-refractivity contribution in [3.8, 4) is 11.1 Å². The second kappa shape index (κ2) is 11.7. The minimum atomic E-state index is -0.821. The maximum absolute atomic E-state index is 13.5. The summed E-state index contributed by atoms with van der Waals surface area (Å²) in [5.41, 5.74) is 2.83. The molecule has 0 radical (unpaired) electrons. The fourth-order valence-corrected chi connectivity index (χ4v) is 4.59. The predicted octanol–water partition coefficient (Wildman–Crippen LogP) is 5.67. The van der Waals surface area contributed by atoms with Gasteiger partial charge in [-0.25, -0.2) is 0 Å². The molecule has 0 aliphatic carbocycles. The van der Waals surface area contributed by atoms with E-state index in [2.05, 4.69) is 5.32 Å². The van der Waals surface area contributed by atoms with Crippen LogP contribution in [0.4, 0.5) is 0 Å². The Balaban J connectivity index is 1.51. The van der Waals surface area contributed by atoms with E-state index < -0.39 is 17.6 Å². The van der Waals surface area contributed by atoms with Gasteiger partial charge in [0.15, 0.2) is 11.6 Å². The van der Waals surface area contributed by atoms with Gasteiger partial charge in [-0.15, -0.1) is 0 Å². The Kier molecular flexibility index (Phi) is 8.34. The van der Waals surface area contributed by atoms with Crippen LogP contribution in [-0.4, -0.2) is 35.7 Å². The van der Waals surface area contributed by atoms with Crippen LogP contribution in [0.5, 0.6) is 0 Å². The first kappa shape index (κ1) is 26.5. The molecule has 1 heterocycles.